The third kappa shape index (κ3) is 4.28. The van der Waals surface area contributed by atoms with Crippen molar-refractivity contribution in [1.29, 1.82) is 0 Å². The fraction of sp³-hybridized carbons (Fsp3) is 0.409. The average molecular weight is 433 g/mol. The lowest BCUT2D eigenvalue weighted by Crippen LogP contribution is -2.46. The Bertz CT molecular complexity index is 1010. The van der Waals surface area contributed by atoms with E-state index in [1.807, 2.05) is 13.0 Å². The topological polar surface area (TPSA) is 66.5 Å². The van der Waals surface area contributed by atoms with Gasteiger partial charge in [0.2, 0.25) is 5.91 Å². The zero-order chi connectivity index (χ0) is 20.6. The van der Waals surface area contributed by atoms with Crippen LogP contribution in [0.3, 0.4) is 0 Å². The first-order valence-corrected chi connectivity index (χ1v) is 11.8. The number of nitrogens with zero attached hydrogens (tertiary/aromatic N) is 1. The predicted molar refractivity (Wildman–Crippen MR) is 115 cm³/mol. The number of nitrogens with one attached hydrogen (secondary N) is 1. The second-order valence-electron chi connectivity index (χ2n) is 8.15. The number of sulfonamides is 1. The number of hydrogen-bond acceptors (Lipinski definition) is 3. The third-order valence-corrected chi connectivity index (χ3v) is 8.10. The molecule has 2 aliphatic carbocycles. The number of carbonyl (C=O) groups excluding carboxylic acids is 1. The van der Waals surface area contributed by atoms with Crippen molar-refractivity contribution in [2.24, 2.45) is 11.8 Å². The molecule has 1 N–H and O–H groups in total. The molecule has 0 aliphatic heterocycles. The molecular formula is C22H25ClN2O3S. The van der Waals surface area contributed by atoms with E-state index in [0.717, 1.165) is 18.4 Å². The molecule has 2 aromatic carbocycles. The van der Waals surface area contributed by atoms with Crippen LogP contribution < -0.4 is 9.62 Å². The van der Waals surface area contributed by atoms with Crippen LogP contribution in [0.15, 0.2) is 53.4 Å². The highest BCUT2D eigenvalue weighted by Gasteiger charge is 2.40. The second kappa shape index (κ2) is 8.00. The summed E-state index contributed by atoms with van der Waals surface area (Å²) < 4.78 is 27.9. The molecule has 29 heavy (non-hydrogen) atoms. The van der Waals surface area contributed by atoms with Gasteiger partial charge >= 0.3 is 0 Å². The van der Waals surface area contributed by atoms with Crippen molar-refractivity contribution in [2.75, 3.05) is 10.8 Å². The van der Waals surface area contributed by atoms with Crippen LogP contribution in [0.5, 0.6) is 0 Å². The van der Waals surface area contributed by atoms with Gasteiger partial charge in [0.1, 0.15) is 6.54 Å². The van der Waals surface area contributed by atoms with Crippen LogP contribution in [0.4, 0.5) is 5.69 Å². The van der Waals surface area contributed by atoms with Gasteiger partial charge in [-0.05, 0) is 80.0 Å². The van der Waals surface area contributed by atoms with Crippen LogP contribution in [0.25, 0.3) is 0 Å². The first kappa shape index (κ1) is 20.2. The van der Waals surface area contributed by atoms with Gasteiger partial charge in [-0.2, -0.15) is 0 Å². The molecule has 2 fully saturated rings. The molecule has 0 radical (unpaired) electrons. The Morgan fingerprint density at radius 1 is 1.14 bits per heavy atom. The van der Waals surface area contributed by atoms with Gasteiger partial charge in [-0.3, -0.25) is 9.10 Å². The van der Waals surface area contributed by atoms with Gasteiger partial charge in [0.15, 0.2) is 0 Å². The maximum Gasteiger partial charge on any atom is 0.264 e. The average Bonchev–Trinajstić information content (AvgIpc) is 3.29. The lowest BCUT2D eigenvalue weighted by molar-refractivity contribution is -0.120. The van der Waals surface area contributed by atoms with Crippen LogP contribution in [0, 0.1) is 18.8 Å². The van der Waals surface area contributed by atoms with Crippen molar-refractivity contribution in [1.82, 2.24) is 5.32 Å². The number of halogens is 1. The molecule has 5 nitrogen and oxygen atoms in total. The minimum Gasteiger partial charge on any atom is -0.352 e. The zero-order valence-corrected chi connectivity index (χ0v) is 17.9. The van der Waals surface area contributed by atoms with E-state index in [1.165, 1.54) is 41.4 Å². The van der Waals surface area contributed by atoms with Gasteiger partial charge < -0.3 is 5.32 Å². The quantitative estimate of drug-likeness (QED) is 0.745. The summed E-state index contributed by atoms with van der Waals surface area (Å²) in [5, 5.41) is 3.55. The van der Waals surface area contributed by atoms with Crippen molar-refractivity contribution in [2.45, 2.75) is 43.5 Å². The van der Waals surface area contributed by atoms with Crippen molar-refractivity contribution >= 4 is 33.2 Å². The Hall–Kier alpha value is -2.05. The molecule has 0 spiro atoms. The first-order chi connectivity index (χ1) is 13.8. The van der Waals surface area contributed by atoms with E-state index in [0.29, 0.717) is 22.5 Å². The lowest BCUT2D eigenvalue weighted by atomic mass is 9.95. The highest BCUT2D eigenvalue weighted by atomic mass is 35.5. The molecule has 3 atom stereocenters. The van der Waals surface area contributed by atoms with Gasteiger partial charge in [0.25, 0.3) is 10.0 Å². The maximum absolute atomic E-state index is 13.4. The molecule has 1 amide bonds. The van der Waals surface area contributed by atoms with Crippen molar-refractivity contribution in [3.8, 4) is 0 Å². The highest BCUT2D eigenvalue weighted by molar-refractivity contribution is 7.92. The molecule has 0 unspecified atom stereocenters. The van der Waals surface area contributed by atoms with Gasteiger partial charge in [0, 0.05) is 11.1 Å². The SMILES string of the molecule is Cc1cccc(N(CC(=O)N[C@@H]2C[C@H]3CC[C@H]2C3)S(=O)(=O)c2ccc(Cl)cc2)c1. The van der Waals surface area contributed by atoms with Gasteiger partial charge in [-0.1, -0.05) is 30.2 Å². The van der Waals surface area contributed by atoms with Gasteiger partial charge in [-0.25, -0.2) is 8.42 Å². The Morgan fingerprint density at radius 2 is 1.90 bits per heavy atom. The van der Waals surface area contributed by atoms with Gasteiger partial charge in [-0.15, -0.1) is 0 Å². The fourth-order valence-electron chi connectivity index (χ4n) is 4.64. The monoisotopic (exact) mass is 432 g/mol. The van der Waals surface area contributed by atoms with E-state index < -0.39 is 10.0 Å². The van der Waals surface area contributed by atoms with Gasteiger partial charge in [0.05, 0.1) is 10.6 Å². The third-order valence-electron chi connectivity index (χ3n) is 6.06. The lowest BCUT2D eigenvalue weighted by Gasteiger charge is -2.27. The number of carbonyl (C=O) groups is 1. The Balaban J connectivity index is 1.60. The molecule has 2 aromatic rings. The standard InChI is InChI=1S/C22H25ClN2O3S/c1-15-3-2-4-19(11-15)25(29(27,28)20-9-7-18(23)8-10-20)14-22(26)24-21-13-16-5-6-17(21)12-16/h2-4,7-11,16-17,21H,5-6,12-14H2,1H3,(H,24,26)/t16-,17-,21+/m0/s1. The Kier molecular flexibility index (Phi) is 5.58. The van der Waals surface area contributed by atoms with Crippen LogP contribution in [0.2, 0.25) is 5.02 Å². The number of amides is 1. The maximum atomic E-state index is 13.4. The smallest absolute Gasteiger partial charge is 0.264 e. The summed E-state index contributed by atoms with van der Waals surface area (Å²) in [7, 11) is -3.91. The minimum absolute atomic E-state index is 0.108. The number of rotatable bonds is 6. The van der Waals surface area contributed by atoms with E-state index >= 15 is 0 Å². The summed E-state index contributed by atoms with van der Waals surface area (Å²) in [6, 6.07) is 13.4. The van der Waals surface area contributed by atoms with E-state index in [-0.39, 0.29) is 23.4 Å². The first-order valence-electron chi connectivity index (χ1n) is 9.97. The normalized spacial score (nSPS) is 23.2. The van der Waals surface area contributed by atoms with Crippen molar-refractivity contribution in [3.63, 3.8) is 0 Å². The van der Waals surface area contributed by atoms with E-state index in [1.54, 1.807) is 18.2 Å². The van der Waals surface area contributed by atoms with Crippen LogP contribution in [-0.4, -0.2) is 26.9 Å². The molecule has 2 saturated carbocycles. The molecular weight excluding hydrogens is 408 g/mol. The number of hydrogen-bond donors (Lipinski definition) is 1. The summed E-state index contributed by atoms with van der Waals surface area (Å²) in [5.41, 5.74) is 1.40. The van der Waals surface area contributed by atoms with E-state index in [2.05, 4.69) is 5.32 Å². The molecule has 0 heterocycles. The zero-order valence-electron chi connectivity index (χ0n) is 16.3. The largest absolute Gasteiger partial charge is 0.352 e. The molecule has 154 valence electrons. The van der Waals surface area contributed by atoms with Crippen LogP contribution in [0.1, 0.15) is 31.2 Å². The summed E-state index contributed by atoms with van der Waals surface area (Å²) in [5.74, 6) is 0.974. The summed E-state index contributed by atoms with van der Waals surface area (Å²) in [6.07, 6.45) is 4.58. The van der Waals surface area contributed by atoms with Crippen molar-refractivity contribution < 1.29 is 13.2 Å². The molecule has 0 aromatic heterocycles. The van der Waals surface area contributed by atoms with E-state index in [4.69, 9.17) is 11.6 Å². The molecule has 7 heteroatoms. The number of fused-ring (bicyclic) bond motifs is 2. The minimum atomic E-state index is -3.91. The summed E-state index contributed by atoms with van der Waals surface area (Å²) >= 11 is 5.92. The van der Waals surface area contributed by atoms with Crippen LogP contribution in [-0.2, 0) is 14.8 Å². The Labute approximate surface area is 177 Å². The number of benzene rings is 2. The molecule has 2 aliphatic rings. The van der Waals surface area contributed by atoms with Crippen LogP contribution >= 0.6 is 11.6 Å². The molecule has 0 saturated heterocycles. The number of aryl methyl sites for hydroxylation is 1. The summed E-state index contributed by atoms with van der Waals surface area (Å²) in [4.78, 5) is 12.9. The Morgan fingerprint density at radius 3 is 2.52 bits per heavy atom. The molecule has 2 bridgehead atoms. The fourth-order valence-corrected chi connectivity index (χ4v) is 6.18. The summed E-state index contributed by atoms with van der Waals surface area (Å²) in [6.45, 7) is 1.65. The predicted octanol–water partition coefficient (Wildman–Crippen LogP) is 4.15. The second-order valence-corrected chi connectivity index (χ2v) is 10.5. The van der Waals surface area contributed by atoms with Crippen molar-refractivity contribution in [3.05, 3.63) is 59.1 Å². The van der Waals surface area contributed by atoms with E-state index in [9.17, 15) is 13.2 Å². The molecule has 4 rings (SSSR count). The number of anilines is 1. The highest BCUT2D eigenvalue weighted by Crippen LogP contribution is 2.44.